The van der Waals surface area contributed by atoms with Gasteiger partial charge in [-0.15, -0.1) is 12.4 Å². The normalized spacial score (nSPS) is 11.0. The fourth-order valence-corrected chi connectivity index (χ4v) is 2.93. The van der Waals surface area contributed by atoms with Gasteiger partial charge in [-0.25, -0.2) is 0 Å². The zero-order chi connectivity index (χ0) is 18.3. The third kappa shape index (κ3) is 6.82. The molecule has 1 N–H and O–H groups in total. The quantitative estimate of drug-likeness (QED) is 0.507. The van der Waals surface area contributed by atoms with Gasteiger partial charge in [-0.3, -0.25) is 0 Å². The van der Waals surface area contributed by atoms with Crippen LogP contribution in [0.4, 0.5) is 0 Å². The van der Waals surface area contributed by atoms with Crippen LogP contribution in [0.15, 0.2) is 46.9 Å². The predicted octanol–water partition coefficient (Wildman–Crippen LogP) is 6.13. The lowest BCUT2D eigenvalue weighted by Gasteiger charge is -2.25. The smallest absolute Gasteiger partial charge is 0.175 e. The molecule has 0 heterocycles. The third-order valence-electron chi connectivity index (χ3n) is 4.25. The lowest BCUT2D eigenvalue weighted by atomic mass is 10.0. The predicted molar refractivity (Wildman–Crippen MR) is 115 cm³/mol. The SMILES string of the molecule is CCOc1cc(CNC(C)(C)CC)cc(Br)c1OCc1ccccc1.Cl. The molecule has 144 valence electrons. The lowest BCUT2D eigenvalue weighted by molar-refractivity contribution is 0.267. The van der Waals surface area contributed by atoms with Crippen LogP contribution in [-0.4, -0.2) is 12.1 Å². The Morgan fingerprint density at radius 3 is 2.31 bits per heavy atom. The van der Waals surface area contributed by atoms with Crippen molar-refractivity contribution in [2.45, 2.75) is 52.8 Å². The highest BCUT2D eigenvalue weighted by atomic mass is 79.9. The average Bonchev–Trinajstić information content (AvgIpc) is 2.60. The Morgan fingerprint density at radius 2 is 1.69 bits per heavy atom. The van der Waals surface area contributed by atoms with E-state index in [0.717, 1.165) is 34.5 Å². The maximum Gasteiger partial charge on any atom is 0.175 e. The summed E-state index contributed by atoms with van der Waals surface area (Å²) in [6.07, 6.45) is 1.07. The molecule has 0 aromatic heterocycles. The number of halogens is 2. The Labute approximate surface area is 172 Å². The van der Waals surface area contributed by atoms with E-state index in [-0.39, 0.29) is 17.9 Å². The summed E-state index contributed by atoms with van der Waals surface area (Å²) in [5.74, 6) is 1.53. The Balaban J connectivity index is 0.00000338. The van der Waals surface area contributed by atoms with Gasteiger partial charge in [-0.05, 0) is 66.4 Å². The standard InChI is InChI=1S/C21H28BrNO2.ClH/c1-5-21(3,4)23-14-17-12-18(22)20(19(13-17)24-6-2)25-15-16-10-8-7-9-11-16;/h7-13,23H,5-6,14-15H2,1-4H3;1H. The fraction of sp³-hybridized carbons (Fsp3) is 0.429. The van der Waals surface area contributed by atoms with Crippen LogP contribution in [0.3, 0.4) is 0 Å². The van der Waals surface area contributed by atoms with Crippen molar-refractivity contribution in [3.63, 3.8) is 0 Å². The highest BCUT2D eigenvalue weighted by Crippen LogP contribution is 2.37. The molecule has 0 radical (unpaired) electrons. The van der Waals surface area contributed by atoms with Gasteiger partial charge in [0.15, 0.2) is 11.5 Å². The first-order valence-electron chi connectivity index (χ1n) is 8.82. The zero-order valence-electron chi connectivity index (χ0n) is 16.0. The molecule has 26 heavy (non-hydrogen) atoms. The van der Waals surface area contributed by atoms with Crippen molar-refractivity contribution in [3.8, 4) is 11.5 Å². The molecule has 0 spiro atoms. The first-order chi connectivity index (χ1) is 11.9. The van der Waals surface area contributed by atoms with Gasteiger partial charge in [-0.1, -0.05) is 37.3 Å². The van der Waals surface area contributed by atoms with E-state index in [9.17, 15) is 0 Å². The van der Waals surface area contributed by atoms with Crippen LogP contribution in [0.5, 0.6) is 11.5 Å². The summed E-state index contributed by atoms with van der Waals surface area (Å²) in [5.41, 5.74) is 2.41. The van der Waals surface area contributed by atoms with Gasteiger partial charge in [0.1, 0.15) is 6.61 Å². The molecule has 3 nitrogen and oxygen atoms in total. The second kappa shape index (κ2) is 10.8. The highest BCUT2D eigenvalue weighted by Gasteiger charge is 2.16. The molecule has 2 rings (SSSR count). The van der Waals surface area contributed by atoms with Gasteiger partial charge in [0.05, 0.1) is 11.1 Å². The molecule has 0 unspecified atom stereocenters. The summed E-state index contributed by atoms with van der Waals surface area (Å²) in [6, 6.07) is 14.3. The second-order valence-electron chi connectivity index (χ2n) is 6.70. The fourth-order valence-electron chi connectivity index (χ4n) is 2.32. The molecule has 0 amide bonds. The highest BCUT2D eigenvalue weighted by molar-refractivity contribution is 9.10. The van der Waals surface area contributed by atoms with Crippen LogP contribution in [0.25, 0.3) is 0 Å². The number of benzene rings is 2. The lowest BCUT2D eigenvalue weighted by Crippen LogP contribution is -2.37. The van der Waals surface area contributed by atoms with E-state index in [0.29, 0.717) is 13.2 Å². The van der Waals surface area contributed by atoms with Crippen molar-refractivity contribution in [2.24, 2.45) is 0 Å². The van der Waals surface area contributed by atoms with Crippen molar-refractivity contribution in [3.05, 3.63) is 58.1 Å². The molecule has 0 bridgehead atoms. The number of ether oxygens (including phenoxy) is 2. The Hall–Kier alpha value is -1.23. The number of rotatable bonds is 9. The van der Waals surface area contributed by atoms with E-state index in [2.05, 4.69) is 66.3 Å². The van der Waals surface area contributed by atoms with Gasteiger partial charge in [0.25, 0.3) is 0 Å². The number of hydrogen-bond acceptors (Lipinski definition) is 3. The molecule has 0 saturated heterocycles. The van der Waals surface area contributed by atoms with Gasteiger partial charge < -0.3 is 14.8 Å². The van der Waals surface area contributed by atoms with Crippen LogP contribution in [0, 0.1) is 0 Å². The summed E-state index contributed by atoms with van der Waals surface area (Å²) in [4.78, 5) is 0. The van der Waals surface area contributed by atoms with Gasteiger partial charge in [0.2, 0.25) is 0 Å². The summed E-state index contributed by atoms with van der Waals surface area (Å²) >= 11 is 3.65. The second-order valence-corrected chi connectivity index (χ2v) is 7.56. The molecule has 0 atom stereocenters. The van der Waals surface area contributed by atoms with Crippen LogP contribution in [0.2, 0.25) is 0 Å². The molecule has 2 aromatic carbocycles. The summed E-state index contributed by atoms with van der Waals surface area (Å²) < 4.78 is 12.8. The van der Waals surface area contributed by atoms with Gasteiger partial charge in [-0.2, -0.15) is 0 Å². The minimum atomic E-state index is 0. The number of hydrogen-bond donors (Lipinski definition) is 1. The molecule has 2 aromatic rings. The summed E-state index contributed by atoms with van der Waals surface area (Å²) in [6.45, 7) is 10.5. The number of nitrogens with one attached hydrogen (secondary N) is 1. The average molecular weight is 443 g/mol. The maximum absolute atomic E-state index is 6.04. The molecule has 0 aliphatic carbocycles. The van der Waals surface area contributed by atoms with Gasteiger partial charge >= 0.3 is 0 Å². The van der Waals surface area contributed by atoms with Crippen molar-refractivity contribution in [1.82, 2.24) is 5.32 Å². The van der Waals surface area contributed by atoms with E-state index in [4.69, 9.17) is 9.47 Å². The minimum absolute atomic E-state index is 0. The van der Waals surface area contributed by atoms with Crippen LogP contribution in [-0.2, 0) is 13.2 Å². The van der Waals surface area contributed by atoms with Crippen LogP contribution < -0.4 is 14.8 Å². The minimum Gasteiger partial charge on any atom is -0.490 e. The van der Waals surface area contributed by atoms with Crippen molar-refractivity contribution >= 4 is 28.3 Å². The zero-order valence-corrected chi connectivity index (χ0v) is 18.4. The first kappa shape index (κ1) is 22.8. The monoisotopic (exact) mass is 441 g/mol. The Kier molecular flexibility index (Phi) is 9.48. The van der Waals surface area contributed by atoms with Crippen molar-refractivity contribution in [1.29, 1.82) is 0 Å². The van der Waals surface area contributed by atoms with E-state index < -0.39 is 0 Å². The van der Waals surface area contributed by atoms with Crippen molar-refractivity contribution in [2.75, 3.05) is 6.61 Å². The van der Waals surface area contributed by atoms with Crippen LogP contribution in [0.1, 0.15) is 45.2 Å². The maximum atomic E-state index is 6.04. The topological polar surface area (TPSA) is 30.5 Å². The first-order valence-corrected chi connectivity index (χ1v) is 9.61. The van der Waals surface area contributed by atoms with Crippen LogP contribution >= 0.6 is 28.3 Å². The van der Waals surface area contributed by atoms with Gasteiger partial charge in [0, 0.05) is 12.1 Å². The molecule has 0 aliphatic heterocycles. The van der Waals surface area contributed by atoms with E-state index in [1.165, 1.54) is 5.56 Å². The van der Waals surface area contributed by atoms with E-state index in [1.54, 1.807) is 0 Å². The molecular formula is C21H29BrClNO2. The molecule has 0 aliphatic rings. The largest absolute Gasteiger partial charge is 0.490 e. The van der Waals surface area contributed by atoms with Crippen molar-refractivity contribution < 1.29 is 9.47 Å². The third-order valence-corrected chi connectivity index (χ3v) is 4.84. The Morgan fingerprint density at radius 1 is 1.00 bits per heavy atom. The molecule has 0 saturated carbocycles. The van der Waals surface area contributed by atoms with E-state index >= 15 is 0 Å². The molecule has 0 fully saturated rings. The summed E-state index contributed by atoms with van der Waals surface area (Å²) in [7, 11) is 0. The summed E-state index contributed by atoms with van der Waals surface area (Å²) in [5, 5.41) is 3.58. The molecule has 5 heteroatoms. The van der Waals surface area contributed by atoms with E-state index in [1.807, 2.05) is 25.1 Å². The Bertz CT molecular complexity index is 677. The molecular weight excluding hydrogens is 414 g/mol.